The van der Waals surface area contributed by atoms with E-state index < -0.39 is 0 Å². The molecule has 4 atom stereocenters. The molecular formula is C18H33NO. The van der Waals surface area contributed by atoms with Crippen LogP contribution in [0.15, 0.2) is 0 Å². The van der Waals surface area contributed by atoms with Crippen LogP contribution in [0.5, 0.6) is 0 Å². The molecule has 116 valence electrons. The van der Waals surface area contributed by atoms with E-state index in [9.17, 15) is 0 Å². The third-order valence-electron chi connectivity index (χ3n) is 6.54. The van der Waals surface area contributed by atoms with Gasteiger partial charge in [-0.1, -0.05) is 25.7 Å². The Balaban J connectivity index is 1.66. The zero-order chi connectivity index (χ0) is 14.0. The van der Waals surface area contributed by atoms with Gasteiger partial charge in [0.25, 0.3) is 0 Å². The molecule has 3 fully saturated rings. The van der Waals surface area contributed by atoms with Crippen molar-refractivity contribution in [2.75, 3.05) is 13.7 Å². The maximum atomic E-state index is 6.35. The van der Waals surface area contributed by atoms with Crippen molar-refractivity contribution in [2.45, 2.75) is 82.8 Å². The van der Waals surface area contributed by atoms with E-state index in [0.717, 1.165) is 24.4 Å². The molecule has 0 spiro atoms. The SMILES string of the molecule is CCOC1(C(CC2CC3CCC2C3)NC)CCCCC1. The maximum Gasteiger partial charge on any atom is 0.0834 e. The molecule has 0 aromatic carbocycles. The number of fused-ring (bicyclic) bond motifs is 2. The Morgan fingerprint density at radius 2 is 1.95 bits per heavy atom. The quantitative estimate of drug-likeness (QED) is 0.789. The van der Waals surface area contributed by atoms with Gasteiger partial charge in [-0.05, 0) is 70.3 Å². The van der Waals surface area contributed by atoms with Crippen molar-refractivity contribution in [1.82, 2.24) is 5.32 Å². The molecule has 3 rings (SSSR count). The van der Waals surface area contributed by atoms with Crippen LogP contribution in [0, 0.1) is 17.8 Å². The second kappa shape index (κ2) is 6.36. The number of ether oxygens (including phenoxy) is 1. The lowest BCUT2D eigenvalue weighted by Crippen LogP contribution is -2.53. The van der Waals surface area contributed by atoms with Crippen LogP contribution >= 0.6 is 0 Å². The third kappa shape index (κ3) is 2.78. The molecule has 0 saturated heterocycles. The van der Waals surface area contributed by atoms with Crippen molar-refractivity contribution in [1.29, 1.82) is 0 Å². The topological polar surface area (TPSA) is 21.3 Å². The third-order valence-corrected chi connectivity index (χ3v) is 6.54. The monoisotopic (exact) mass is 279 g/mol. The van der Waals surface area contributed by atoms with Gasteiger partial charge in [-0.25, -0.2) is 0 Å². The standard InChI is InChI=1S/C18H33NO/c1-3-20-18(9-5-4-6-10-18)17(19-2)13-16-12-14-7-8-15(16)11-14/h14-17,19H,3-13H2,1-2H3. The summed E-state index contributed by atoms with van der Waals surface area (Å²) in [7, 11) is 2.16. The van der Waals surface area contributed by atoms with Crippen molar-refractivity contribution in [3.63, 3.8) is 0 Å². The Morgan fingerprint density at radius 3 is 2.50 bits per heavy atom. The Kier molecular flexibility index (Phi) is 4.72. The van der Waals surface area contributed by atoms with Crippen molar-refractivity contribution in [3.8, 4) is 0 Å². The van der Waals surface area contributed by atoms with Gasteiger partial charge in [-0.3, -0.25) is 0 Å². The molecular weight excluding hydrogens is 246 g/mol. The van der Waals surface area contributed by atoms with Gasteiger partial charge in [0.2, 0.25) is 0 Å². The molecule has 3 aliphatic carbocycles. The highest BCUT2D eigenvalue weighted by atomic mass is 16.5. The molecule has 0 aliphatic heterocycles. The van der Waals surface area contributed by atoms with E-state index in [4.69, 9.17) is 4.74 Å². The first-order valence-electron chi connectivity index (χ1n) is 9.08. The van der Waals surface area contributed by atoms with Crippen LogP contribution in [0.2, 0.25) is 0 Å². The normalized spacial score (nSPS) is 37.2. The molecule has 2 nitrogen and oxygen atoms in total. The second-order valence-corrected chi connectivity index (χ2v) is 7.57. The summed E-state index contributed by atoms with van der Waals surface area (Å²) in [6.07, 6.45) is 14.1. The van der Waals surface area contributed by atoms with Crippen LogP contribution in [-0.4, -0.2) is 25.3 Å². The van der Waals surface area contributed by atoms with Gasteiger partial charge >= 0.3 is 0 Å². The van der Waals surface area contributed by atoms with Crippen molar-refractivity contribution in [2.24, 2.45) is 17.8 Å². The number of hydrogen-bond acceptors (Lipinski definition) is 2. The number of hydrogen-bond donors (Lipinski definition) is 1. The minimum atomic E-state index is 0.142. The predicted octanol–water partition coefficient (Wildman–Crippen LogP) is 4.14. The van der Waals surface area contributed by atoms with Gasteiger partial charge < -0.3 is 10.1 Å². The summed E-state index contributed by atoms with van der Waals surface area (Å²) in [5.41, 5.74) is 0.142. The number of likely N-dealkylation sites (N-methyl/N-ethyl adjacent to an activating group) is 1. The maximum absolute atomic E-state index is 6.35. The van der Waals surface area contributed by atoms with Gasteiger partial charge in [-0.2, -0.15) is 0 Å². The van der Waals surface area contributed by atoms with Crippen LogP contribution in [0.3, 0.4) is 0 Å². The fourth-order valence-corrected chi connectivity index (χ4v) is 5.59. The lowest BCUT2D eigenvalue weighted by molar-refractivity contribution is -0.0940. The Labute approximate surface area is 125 Å². The lowest BCUT2D eigenvalue weighted by Gasteiger charge is -2.45. The summed E-state index contributed by atoms with van der Waals surface area (Å²) in [5, 5.41) is 3.66. The zero-order valence-electron chi connectivity index (χ0n) is 13.5. The summed E-state index contributed by atoms with van der Waals surface area (Å²) in [6.45, 7) is 3.04. The molecule has 0 heterocycles. The number of nitrogens with one attached hydrogen (secondary N) is 1. The zero-order valence-corrected chi connectivity index (χ0v) is 13.5. The molecule has 2 bridgehead atoms. The van der Waals surface area contributed by atoms with Gasteiger partial charge in [0.05, 0.1) is 5.60 Å². The van der Waals surface area contributed by atoms with E-state index in [-0.39, 0.29) is 5.60 Å². The molecule has 3 aliphatic rings. The molecule has 2 heteroatoms. The first-order chi connectivity index (χ1) is 9.77. The molecule has 20 heavy (non-hydrogen) atoms. The molecule has 0 aromatic rings. The summed E-state index contributed by atoms with van der Waals surface area (Å²) in [6, 6.07) is 0.576. The smallest absolute Gasteiger partial charge is 0.0834 e. The highest BCUT2D eigenvalue weighted by Gasteiger charge is 2.45. The van der Waals surface area contributed by atoms with E-state index in [1.165, 1.54) is 64.2 Å². The van der Waals surface area contributed by atoms with Crippen LogP contribution in [0.4, 0.5) is 0 Å². The Morgan fingerprint density at radius 1 is 1.15 bits per heavy atom. The first kappa shape index (κ1) is 14.8. The van der Waals surface area contributed by atoms with Crippen molar-refractivity contribution >= 4 is 0 Å². The highest BCUT2D eigenvalue weighted by molar-refractivity contribution is 4.99. The Hall–Kier alpha value is -0.0800. The average molecular weight is 279 g/mol. The molecule has 0 aromatic heterocycles. The lowest BCUT2D eigenvalue weighted by atomic mass is 9.73. The highest BCUT2D eigenvalue weighted by Crippen LogP contribution is 2.51. The fraction of sp³-hybridized carbons (Fsp3) is 1.00. The molecule has 1 N–H and O–H groups in total. The van der Waals surface area contributed by atoms with Gasteiger partial charge in [-0.15, -0.1) is 0 Å². The van der Waals surface area contributed by atoms with E-state index in [2.05, 4.69) is 19.3 Å². The largest absolute Gasteiger partial charge is 0.374 e. The minimum absolute atomic E-state index is 0.142. The van der Waals surface area contributed by atoms with Crippen LogP contribution < -0.4 is 5.32 Å². The predicted molar refractivity (Wildman–Crippen MR) is 83.8 cm³/mol. The summed E-state index contributed by atoms with van der Waals surface area (Å²) < 4.78 is 6.35. The average Bonchev–Trinajstić information content (AvgIpc) is 3.08. The summed E-state index contributed by atoms with van der Waals surface area (Å²) in [5.74, 6) is 3.08. The van der Waals surface area contributed by atoms with Crippen molar-refractivity contribution < 1.29 is 4.74 Å². The first-order valence-corrected chi connectivity index (χ1v) is 9.08. The van der Waals surface area contributed by atoms with Crippen LogP contribution in [0.25, 0.3) is 0 Å². The fourth-order valence-electron chi connectivity index (χ4n) is 5.59. The minimum Gasteiger partial charge on any atom is -0.374 e. The van der Waals surface area contributed by atoms with Gasteiger partial charge in [0.1, 0.15) is 0 Å². The van der Waals surface area contributed by atoms with E-state index in [1.807, 2.05) is 0 Å². The Bertz CT molecular complexity index is 305. The van der Waals surface area contributed by atoms with Gasteiger partial charge in [0.15, 0.2) is 0 Å². The molecule has 0 amide bonds. The van der Waals surface area contributed by atoms with Crippen LogP contribution in [0.1, 0.15) is 71.1 Å². The van der Waals surface area contributed by atoms with Crippen molar-refractivity contribution in [3.05, 3.63) is 0 Å². The van der Waals surface area contributed by atoms with E-state index in [1.54, 1.807) is 0 Å². The summed E-state index contributed by atoms with van der Waals surface area (Å²) >= 11 is 0. The molecule has 0 radical (unpaired) electrons. The number of rotatable bonds is 6. The van der Waals surface area contributed by atoms with E-state index >= 15 is 0 Å². The summed E-state index contributed by atoms with van der Waals surface area (Å²) in [4.78, 5) is 0. The molecule has 4 unspecified atom stereocenters. The van der Waals surface area contributed by atoms with Gasteiger partial charge in [0, 0.05) is 12.6 Å². The van der Waals surface area contributed by atoms with Crippen LogP contribution in [-0.2, 0) is 4.74 Å². The molecule has 3 saturated carbocycles. The second-order valence-electron chi connectivity index (χ2n) is 7.57. The van der Waals surface area contributed by atoms with E-state index in [0.29, 0.717) is 6.04 Å².